The van der Waals surface area contributed by atoms with Gasteiger partial charge in [-0.15, -0.1) is 6.58 Å². The Morgan fingerprint density at radius 1 is 1.14 bits per heavy atom. The molecule has 0 amide bonds. The van der Waals surface area contributed by atoms with Crippen molar-refractivity contribution in [3.05, 3.63) is 83.9 Å². The van der Waals surface area contributed by atoms with E-state index in [1.807, 2.05) is 66.7 Å². The van der Waals surface area contributed by atoms with Crippen molar-refractivity contribution in [3.63, 3.8) is 0 Å². The lowest BCUT2D eigenvalue weighted by molar-refractivity contribution is 0.0721. The average Bonchev–Trinajstić information content (AvgIpc) is 3.35. The van der Waals surface area contributed by atoms with E-state index < -0.39 is 0 Å². The molecule has 3 heteroatoms. The SMILES string of the molecule is C=CC(OCC1CO1)c1ccccc1.Clc1ccccc1. The van der Waals surface area contributed by atoms with E-state index in [9.17, 15) is 0 Å². The normalized spacial score (nSPS) is 17.3. The highest BCUT2D eigenvalue weighted by molar-refractivity contribution is 6.30. The summed E-state index contributed by atoms with van der Waals surface area (Å²) in [6.45, 7) is 5.26. The van der Waals surface area contributed by atoms with Gasteiger partial charge in [-0.05, 0) is 17.7 Å². The first-order valence-corrected chi connectivity index (χ1v) is 7.28. The maximum Gasteiger partial charge on any atom is 0.104 e. The number of rotatable bonds is 5. The molecule has 110 valence electrons. The van der Waals surface area contributed by atoms with Crippen molar-refractivity contribution >= 4 is 11.6 Å². The van der Waals surface area contributed by atoms with Crippen molar-refractivity contribution in [1.82, 2.24) is 0 Å². The van der Waals surface area contributed by atoms with Crippen LogP contribution in [-0.4, -0.2) is 19.3 Å². The minimum Gasteiger partial charge on any atom is -0.371 e. The van der Waals surface area contributed by atoms with E-state index in [1.165, 1.54) is 0 Å². The van der Waals surface area contributed by atoms with Crippen molar-refractivity contribution < 1.29 is 9.47 Å². The first-order chi connectivity index (χ1) is 10.3. The standard InChI is InChI=1S/C12H14O2.C6H5Cl/c1-2-12(14-9-11-8-13-11)10-6-4-3-5-7-10;7-6-4-2-1-3-5-6/h2-7,11-12H,1,8-9H2;1-5H. The van der Waals surface area contributed by atoms with Crippen LogP contribution in [0.5, 0.6) is 0 Å². The lowest BCUT2D eigenvalue weighted by Crippen LogP contribution is -2.06. The summed E-state index contributed by atoms with van der Waals surface area (Å²) >= 11 is 5.54. The number of epoxide rings is 1. The highest BCUT2D eigenvalue weighted by Gasteiger charge is 2.23. The molecule has 21 heavy (non-hydrogen) atoms. The van der Waals surface area contributed by atoms with Gasteiger partial charge in [0.25, 0.3) is 0 Å². The van der Waals surface area contributed by atoms with Crippen LogP contribution in [0.25, 0.3) is 0 Å². The second-order valence-electron chi connectivity index (χ2n) is 4.65. The summed E-state index contributed by atoms with van der Waals surface area (Å²) in [5.41, 5.74) is 1.14. The maximum absolute atomic E-state index is 5.66. The molecule has 1 heterocycles. The van der Waals surface area contributed by atoms with Crippen molar-refractivity contribution in [1.29, 1.82) is 0 Å². The van der Waals surface area contributed by atoms with E-state index in [1.54, 1.807) is 0 Å². The molecule has 1 fully saturated rings. The molecule has 1 aliphatic rings. The van der Waals surface area contributed by atoms with E-state index in [2.05, 4.69) is 6.58 Å². The second kappa shape index (κ2) is 8.63. The Morgan fingerprint density at radius 3 is 2.14 bits per heavy atom. The van der Waals surface area contributed by atoms with Gasteiger partial charge in [0.2, 0.25) is 0 Å². The summed E-state index contributed by atoms with van der Waals surface area (Å²) in [6, 6.07) is 19.5. The summed E-state index contributed by atoms with van der Waals surface area (Å²) in [5, 5.41) is 0.794. The number of ether oxygens (including phenoxy) is 2. The van der Waals surface area contributed by atoms with Crippen LogP contribution in [0.15, 0.2) is 73.3 Å². The van der Waals surface area contributed by atoms with Crippen LogP contribution < -0.4 is 0 Å². The van der Waals surface area contributed by atoms with E-state index in [0.29, 0.717) is 12.7 Å². The highest BCUT2D eigenvalue weighted by atomic mass is 35.5. The van der Waals surface area contributed by atoms with Gasteiger partial charge in [0, 0.05) is 5.02 Å². The van der Waals surface area contributed by atoms with Crippen LogP contribution in [0.3, 0.4) is 0 Å². The van der Waals surface area contributed by atoms with Crippen molar-refractivity contribution in [2.45, 2.75) is 12.2 Å². The molecule has 2 atom stereocenters. The number of benzene rings is 2. The van der Waals surface area contributed by atoms with E-state index >= 15 is 0 Å². The Morgan fingerprint density at radius 2 is 1.71 bits per heavy atom. The Kier molecular flexibility index (Phi) is 6.48. The van der Waals surface area contributed by atoms with E-state index in [-0.39, 0.29) is 6.10 Å². The third-order valence-corrected chi connectivity index (χ3v) is 3.19. The monoisotopic (exact) mass is 302 g/mol. The summed E-state index contributed by atoms with van der Waals surface area (Å²) in [5.74, 6) is 0. The van der Waals surface area contributed by atoms with Gasteiger partial charge in [-0.1, -0.05) is 66.2 Å². The number of halogens is 1. The predicted octanol–water partition coefficient (Wildman–Crippen LogP) is 4.67. The Hall–Kier alpha value is -1.61. The Bertz CT molecular complexity index is 523. The van der Waals surface area contributed by atoms with Crippen LogP contribution in [-0.2, 0) is 9.47 Å². The van der Waals surface area contributed by atoms with Crippen molar-refractivity contribution in [2.24, 2.45) is 0 Å². The summed E-state index contributed by atoms with van der Waals surface area (Å²) in [6.07, 6.45) is 2.11. The second-order valence-corrected chi connectivity index (χ2v) is 5.09. The zero-order valence-corrected chi connectivity index (χ0v) is 12.6. The van der Waals surface area contributed by atoms with Crippen molar-refractivity contribution in [3.8, 4) is 0 Å². The fourth-order valence-electron chi connectivity index (χ4n) is 1.73. The van der Waals surface area contributed by atoms with E-state index in [4.69, 9.17) is 21.1 Å². The summed E-state index contributed by atoms with van der Waals surface area (Å²) in [4.78, 5) is 0. The molecule has 1 aliphatic heterocycles. The molecule has 0 spiro atoms. The molecule has 2 unspecified atom stereocenters. The smallest absolute Gasteiger partial charge is 0.104 e. The predicted molar refractivity (Wildman–Crippen MR) is 86.5 cm³/mol. The first-order valence-electron chi connectivity index (χ1n) is 6.91. The molecule has 0 N–H and O–H groups in total. The molecule has 2 aromatic carbocycles. The zero-order valence-electron chi connectivity index (χ0n) is 11.8. The van der Waals surface area contributed by atoms with Gasteiger partial charge >= 0.3 is 0 Å². The van der Waals surface area contributed by atoms with Crippen LogP contribution >= 0.6 is 11.6 Å². The lowest BCUT2D eigenvalue weighted by Gasteiger charge is -2.13. The Labute approximate surface area is 131 Å². The van der Waals surface area contributed by atoms with Crippen LogP contribution in [0.1, 0.15) is 11.7 Å². The minimum atomic E-state index is -0.0135. The fourth-order valence-corrected chi connectivity index (χ4v) is 1.88. The number of hydrogen-bond acceptors (Lipinski definition) is 2. The van der Waals surface area contributed by atoms with Gasteiger partial charge < -0.3 is 9.47 Å². The van der Waals surface area contributed by atoms with Crippen molar-refractivity contribution in [2.75, 3.05) is 13.2 Å². The molecular formula is C18H19ClO2. The summed E-state index contributed by atoms with van der Waals surface area (Å²) in [7, 11) is 0. The van der Waals surface area contributed by atoms with Gasteiger partial charge in [-0.25, -0.2) is 0 Å². The quantitative estimate of drug-likeness (QED) is 0.591. The fraction of sp³-hybridized carbons (Fsp3) is 0.222. The molecule has 0 bridgehead atoms. The van der Waals surface area contributed by atoms with Gasteiger partial charge in [-0.3, -0.25) is 0 Å². The average molecular weight is 303 g/mol. The molecule has 0 radical (unpaired) electrons. The number of hydrogen-bond donors (Lipinski definition) is 0. The molecule has 0 aromatic heterocycles. The molecule has 1 saturated heterocycles. The molecular weight excluding hydrogens is 284 g/mol. The molecule has 0 aliphatic carbocycles. The maximum atomic E-state index is 5.66. The molecule has 3 rings (SSSR count). The highest BCUT2D eigenvalue weighted by Crippen LogP contribution is 2.20. The Balaban J connectivity index is 0.000000194. The lowest BCUT2D eigenvalue weighted by atomic mass is 10.1. The molecule has 2 nitrogen and oxygen atoms in total. The molecule has 2 aromatic rings. The topological polar surface area (TPSA) is 21.8 Å². The molecule has 0 saturated carbocycles. The van der Waals surface area contributed by atoms with Gasteiger partial charge in [0.05, 0.1) is 13.2 Å². The van der Waals surface area contributed by atoms with Crippen LogP contribution in [0, 0.1) is 0 Å². The van der Waals surface area contributed by atoms with Gasteiger partial charge in [-0.2, -0.15) is 0 Å². The van der Waals surface area contributed by atoms with Gasteiger partial charge in [0.1, 0.15) is 12.2 Å². The zero-order chi connectivity index (χ0) is 14.9. The van der Waals surface area contributed by atoms with E-state index in [0.717, 1.165) is 17.2 Å². The first kappa shape index (κ1) is 15.8. The third kappa shape index (κ3) is 6.13. The van der Waals surface area contributed by atoms with Crippen LogP contribution in [0.4, 0.5) is 0 Å². The largest absolute Gasteiger partial charge is 0.371 e. The third-order valence-electron chi connectivity index (χ3n) is 2.94. The van der Waals surface area contributed by atoms with Gasteiger partial charge in [0.15, 0.2) is 0 Å². The summed E-state index contributed by atoms with van der Waals surface area (Å²) < 4.78 is 10.7. The minimum absolute atomic E-state index is 0.0135. The van der Waals surface area contributed by atoms with Crippen LogP contribution in [0.2, 0.25) is 5.02 Å².